The van der Waals surface area contributed by atoms with E-state index >= 15 is 0 Å². The van der Waals surface area contributed by atoms with Crippen LogP contribution in [0.15, 0.2) is 47.5 Å². The number of carbonyl (C=O) groups excluding carboxylic acids is 1. The van der Waals surface area contributed by atoms with Gasteiger partial charge in [-0.05, 0) is 49.1 Å². The summed E-state index contributed by atoms with van der Waals surface area (Å²) < 4.78 is 10.9. The van der Waals surface area contributed by atoms with E-state index in [1.807, 2.05) is 37.3 Å². The van der Waals surface area contributed by atoms with Crippen LogP contribution in [0.4, 0.5) is 5.69 Å². The number of methoxy groups -OCH3 is 1. The van der Waals surface area contributed by atoms with Crippen LogP contribution in [-0.4, -0.2) is 39.2 Å². The Hall–Kier alpha value is -3.06. The van der Waals surface area contributed by atoms with Crippen molar-refractivity contribution in [3.63, 3.8) is 0 Å². The summed E-state index contributed by atoms with van der Waals surface area (Å²) in [6.45, 7) is 4.28. The highest BCUT2D eigenvalue weighted by Crippen LogP contribution is 2.27. The zero-order valence-electron chi connectivity index (χ0n) is 19.2. The molecule has 32 heavy (non-hydrogen) atoms. The molecule has 7 nitrogen and oxygen atoms in total. The summed E-state index contributed by atoms with van der Waals surface area (Å²) in [5.74, 6) is 1.84. The summed E-state index contributed by atoms with van der Waals surface area (Å²) in [6.07, 6.45) is 3.14. The minimum Gasteiger partial charge on any atom is -0.491 e. The third-order valence-corrected chi connectivity index (χ3v) is 5.57. The van der Waals surface area contributed by atoms with Crippen LogP contribution in [0.25, 0.3) is 0 Å². The monoisotopic (exact) mass is 438 g/mol. The average Bonchev–Trinajstić information content (AvgIpc) is 2.74. The summed E-state index contributed by atoms with van der Waals surface area (Å²) in [6, 6.07) is 14.1. The highest BCUT2D eigenvalue weighted by Gasteiger charge is 2.25. The van der Waals surface area contributed by atoms with Crippen molar-refractivity contribution in [2.75, 3.05) is 32.7 Å². The number of aryl methyl sites for hydroxylation is 1. The highest BCUT2D eigenvalue weighted by molar-refractivity contribution is 5.93. The number of guanidine groups is 1. The van der Waals surface area contributed by atoms with Gasteiger partial charge in [0.15, 0.2) is 5.96 Å². The molecule has 3 N–H and O–H groups in total. The lowest BCUT2D eigenvalue weighted by Crippen LogP contribution is -2.36. The number of benzene rings is 2. The Morgan fingerprint density at radius 3 is 2.62 bits per heavy atom. The maximum atomic E-state index is 12.2. The van der Waals surface area contributed by atoms with E-state index in [2.05, 4.69) is 33.1 Å². The molecule has 0 saturated heterocycles. The zero-order valence-corrected chi connectivity index (χ0v) is 19.2. The van der Waals surface area contributed by atoms with Crippen LogP contribution in [0.5, 0.6) is 5.75 Å². The van der Waals surface area contributed by atoms with E-state index in [1.54, 1.807) is 14.2 Å². The second kappa shape index (κ2) is 12.1. The van der Waals surface area contributed by atoms with E-state index in [0.29, 0.717) is 32.3 Å². The molecule has 1 aliphatic carbocycles. The summed E-state index contributed by atoms with van der Waals surface area (Å²) in [5.41, 5.74) is 4.10. The first-order valence-corrected chi connectivity index (χ1v) is 11.1. The van der Waals surface area contributed by atoms with Gasteiger partial charge in [-0.1, -0.05) is 30.7 Å². The summed E-state index contributed by atoms with van der Waals surface area (Å²) in [5, 5.41) is 9.70. The topological polar surface area (TPSA) is 84.0 Å². The Kier molecular flexibility index (Phi) is 8.92. The van der Waals surface area contributed by atoms with Crippen molar-refractivity contribution in [2.45, 2.75) is 39.3 Å². The maximum Gasteiger partial charge on any atom is 0.227 e. The smallest absolute Gasteiger partial charge is 0.227 e. The fraction of sp³-hybridized carbons (Fsp3) is 0.440. The average molecular weight is 439 g/mol. The largest absolute Gasteiger partial charge is 0.491 e. The van der Waals surface area contributed by atoms with Gasteiger partial charge in [-0.15, -0.1) is 0 Å². The standard InChI is InChI=1S/C25H34N4O3/c1-18-10-11-21(23(14-18)32-13-12-31-3)17-28-25(26-2)27-16-19-6-4-9-22(15-19)29-24(30)20-7-5-8-20/h4,6,9-11,14-15,20H,5,7-8,12-13,16-17H2,1-3H3,(H,29,30)(H2,26,27,28). The van der Waals surface area contributed by atoms with Gasteiger partial charge in [0.05, 0.1) is 6.61 Å². The molecule has 1 saturated carbocycles. The number of anilines is 1. The van der Waals surface area contributed by atoms with Gasteiger partial charge in [0.2, 0.25) is 5.91 Å². The first-order valence-electron chi connectivity index (χ1n) is 11.1. The first kappa shape index (κ1) is 23.6. The minimum absolute atomic E-state index is 0.125. The van der Waals surface area contributed by atoms with E-state index < -0.39 is 0 Å². The molecule has 2 aromatic carbocycles. The van der Waals surface area contributed by atoms with Crippen LogP contribution >= 0.6 is 0 Å². The molecule has 0 atom stereocenters. The van der Waals surface area contributed by atoms with Gasteiger partial charge in [0.25, 0.3) is 0 Å². The molecular formula is C25H34N4O3. The maximum absolute atomic E-state index is 12.2. The number of amides is 1. The number of hydrogen-bond acceptors (Lipinski definition) is 4. The summed E-state index contributed by atoms with van der Waals surface area (Å²) in [4.78, 5) is 16.5. The van der Waals surface area contributed by atoms with Crippen molar-refractivity contribution in [3.8, 4) is 5.75 Å². The van der Waals surface area contributed by atoms with Crippen molar-refractivity contribution >= 4 is 17.6 Å². The van der Waals surface area contributed by atoms with Gasteiger partial charge in [-0.2, -0.15) is 0 Å². The molecule has 1 aliphatic rings. The lowest BCUT2D eigenvalue weighted by atomic mass is 9.85. The van der Waals surface area contributed by atoms with E-state index in [4.69, 9.17) is 9.47 Å². The van der Waals surface area contributed by atoms with Crippen molar-refractivity contribution in [1.82, 2.24) is 10.6 Å². The summed E-state index contributed by atoms with van der Waals surface area (Å²) in [7, 11) is 3.41. The molecule has 0 bridgehead atoms. The molecule has 1 fully saturated rings. The van der Waals surface area contributed by atoms with Crippen LogP contribution in [0, 0.1) is 12.8 Å². The van der Waals surface area contributed by atoms with E-state index in [-0.39, 0.29) is 11.8 Å². The molecule has 0 radical (unpaired) electrons. The lowest BCUT2D eigenvalue weighted by molar-refractivity contribution is -0.122. The SMILES string of the molecule is CN=C(NCc1cccc(NC(=O)C2CCC2)c1)NCc1ccc(C)cc1OCCOC. The van der Waals surface area contributed by atoms with Crippen molar-refractivity contribution < 1.29 is 14.3 Å². The number of nitrogens with one attached hydrogen (secondary N) is 3. The van der Waals surface area contributed by atoms with Gasteiger partial charge in [-0.25, -0.2) is 0 Å². The number of aliphatic imine (C=N–C) groups is 1. The lowest BCUT2D eigenvalue weighted by Gasteiger charge is -2.24. The molecule has 0 heterocycles. The molecule has 3 rings (SSSR count). The van der Waals surface area contributed by atoms with Crippen molar-refractivity contribution in [3.05, 3.63) is 59.2 Å². The molecule has 1 amide bonds. The molecule has 0 spiro atoms. The van der Waals surface area contributed by atoms with Crippen LogP contribution in [0.1, 0.15) is 36.0 Å². The number of ether oxygens (including phenoxy) is 2. The van der Waals surface area contributed by atoms with Crippen molar-refractivity contribution in [2.24, 2.45) is 10.9 Å². The number of hydrogen-bond donors (Lipinski definition) is 3. The van der Waals surface area contributed by atoms with E-state index in [9.17, 15) is 4.79 Å². The van der Waals surface area contributed by atoms with Crippen LogP contribution in [0.2, 0.25) is 0 Å². The molecule has 7 heteroatoms. The first-order chi connectivity index (χ1) is 15.6. The Bertz CT molecular complexity index is 925. The van der Waals surface area contributed by atoms with Crippen LogP contribution in [0.3, 0.4) is 0 Å². The molecule has 172 valence electrons. The number of nitrogens with zero attached hydrogens (tertiary/aromatic N) is 1. The minimum atomic E-state index is 0.125. The Morgan fingerprint density at radius 2 is 1.91 bits per heavy atom. The fourth-order valence-electron chi connectivity index (χ4n) is 3.44. The quantitative estimate of drug-likeness (QED) is 0.300. The van der Waals surface area contributed by atoms with Crippen LogP contribution in [-0.2, 0) is 22.6 Å². The molecule has 0 unspecified atom stereocenters. The second-order valence-corrected chi connectivity index (χ2v) is 8.05. The van der Waals surface area contributed by atoms with Gasteiger partial charge < -0.3 is 25.4 Å². The third kappa shape index (κ3) is 6.99. The molecular weight excluding hydrogens is 404 g/mol. The molecule has 2 aromatic rings. The molecule has 0 aromatic heterocycles. The van der Waals surface area contributed by atoms with Crippen molar-refractivity contribution in [1.29, 1.82) is 0 Å². The highest BCUT2D eigenvalue weighted by atomic mass is 16.5. The van der Waals surface area contributed by atoms with E-state index in [1.165, 1.54) is 0 Å². The van der Waals surface area contributed by atoms with Gasteiger partial charge in [0.1, 0.15) is 12.4 Å². The number of rotatable bonds is 10. The van der Waals surface area contributed by atoms with E-state index in [0.717, 1.165) is 47.4 Å². The predicted octanol–water partition coefficient (Wildman–Crippen LogP) is 3.62. The Morgan fingerprint density at radius 1 is 1.09 bits per heavy atom. The van der Waals surface area contributed by atoms with Gasteiger partial charge in [0, 0.05) is 44.4 Å². The fourth-order valence-corrected chi connectivity index (χ4v) is 3.44. The third-order valence-electron chi connectivity index (χ3n) is 5.57. The molecule has 0 aliphatic heterocycles. The number of carbonyl (C=O) groups is 1. The summed E-state index contributed by atoms with van der Waals surface area (Å²) >= 11 is 0. The predicted molar refractivity (Wildman–Crippen MR) is 128 cm³/mol. The Labute approximate surface area is 190 Å². The normalized spacial score (nSPS) is 13.9. The van der Waals surface area contributed by atoms with Gasteiger partial charge in [-0.3, -0.25) is 9.79 Å². The Balaban J connectivity index is 1.52. The zero-order chi connectivity index (χ0) is 22.8. The van der Waals surface area contributed by atoms with Crippen LogP contribution < -0.4 is 20.7 Å². The van der Waals surface area contributed by atoms with Gasteiger partial charge >= 0.3 is 0 Å². The second-order valence-electron chi connectivity index (χ2n) is 8.05.